The molecular formula is C6H3BrN2S. The molecule has 2 heterocycles. The number of halogens is 1. The van der Waals surface area contributed by atoms with E-state index in [9.17, 15) is 0 Å². The first-order valence-corrected chi connectivity index (χ1v) is 4.38. The van der Waals surface area contributed by atoms with E-state index in [2.05, 4.69) is 25.9 Å². The summed E-state index contributed by atoms with van der Waals surface area (Å²) in [7, 11) is 0. The van der Waals surface area contributed by atoms with Crippen LogP contribution in [-0.2, 0) is 0 Å². The Hall–Kier alpha value is -0.480. The number of aromatic nitrogens is 2. The molecule has 0 aromatic carbocycles. The van der Waals surface area contributed by atoms with E-state index >= 15 is 0 Å². The van der Waals surface area contributed by atoms with Gasteiger partial charge in [-0.1, -0.05) is 0 Å². The molecule has 0 bridgehead atoms. The van der Waals surface area contributed by atoms with Gasteiger partial charge in [-0.25, -0.2) is 9.97 Å². The lowest BCUT2D eigenvalue weighted by Gasteiger charge is -1.86. The van der Waals surface area contributed by atoms with Crippen LogP contribution in [0.3, 0.4) is 0 Å². The molecule has 50 valence electrons. The van der Waals surface area contributed by atoms with Crippen molar-refractivity contribution >= 4 is 37.5 Å². The number of thiazole rings is 1. The molecule has 4 heteroatoms. The average molecular weight is 215 g/mol. The first-order valence-electron chi connectivity index (χ1n) is 2.71. The van der Waals surface area contributed by atoms with Crippen LogP contribution in [0.15, 0.2) is 22.4 Å². The minimum Gasteiger partial charge on any atom is -0.247 e. The molecule has 0 unspecified atom stereocenters. The Bertz CT molecular complexity index is 357. The van der Waals surface area contributed by atoms with Gasteiger partial charge in [-0.05, 0) is 22.0 Å². The number of rotatable bonds is 0. The molecule has 0 fully saturated rings. The van der Waals surface area contributed by atoms with Crippen molar-refractivity contribution in [1.82, 2.24) is 9.97 Å². The Labute approximate surface area is 70.1 Å². The second-order valence-corrected chi connectivity index (χ2v) is 3.53. The third kappa shape index (κ3) is 0.932. The predicted octanol–water partition coefficient (Wildman–Crippen LogP) is 2.45. The Morgan fingerprint density at radius 3 is 3.20 bits per heavy atom. The first kappa shape index (κ1) is 6.24. The monoisotopic (exact) mass is 214 g/mol. The van der Waals surface area contributed by atoms with Crippen LogP contribution < -0.4 is 0 Å². The summed E-state index contributed by atoms with van der Waals surface area (Å²) < 4.78 is 2.03. The summed E-state index contributed by atoms with van der Waals surface area (Å²) in [5.41, 5.74) is 2.78. The van der Waals surface area contributed by atoms with E-state index in [-0.39, 0.29) is 0 Å². The highest BCUT2D eigenvalue weighted by atomic mass is 79.9. The number of nitrogens with zero attached hydrogens (tertiary/aromatic N) is 2. The van der Waals surface area contributed by atoms with E-state index in [0.29, 0.717) is 0 Å². The average Bonchev–Trinajstić information content (AvgIpc) is 2.33. The molecule has 0 aliphatic rings. The van der Waals surface area contributed by atoms with Gasteiger partial charge in [-0.3, -0.25) is 0 Å². The van der Waals surface area contributed by atoms with E-state index in [1.807, 2.05) is 11.6 Å². The SMILES string of the molecule is Brc1cc2scnc2cn1. The van der Waals surface area contributed by atoms with Crippen molar-refractivity contribution in [1.29, 1.82) is 0 Å². The molecule has 2 aromatic rings. The molecule has 2 nitrogen and oxygen atoms in total. The summed E-state index contributed by atoms with van der Waals surface area (Å²) in [4.78, 5) is 8.14. The zero-order valence-corrected chi connectivity index (χ0v) is 7.32. The normalized spacial score (nSPS) is 10.5. The van der Waals surface area contributed by atoms with Gasteiger partial charge in [0.1, 0.15) is 4.60 Å². The topological polar surface area (TPSA) is 25.8 Å². The summed E-state index contributed by atoms with van der Waals surface area (Å²) >= 11 is 4.91. The minimum atomic E-state index is 0.865. The Morgan fingerprint density at radius 2 is 2.30 bits per heavy atom. The van der Waals surface area contributed by atoms with E-state index in [1.165, 1.54) is 4.70 Å². The maximum Gasteiger partial charge on any atom is 0.107 e. The lowest BCUT2D eigenvalue weighted by molar-refractivity contribution is 1.29. The van der Waals surface area contributed by atoms with Crippen LogP contribution in [0.1, 0.15) is 0 Å². The van der Waals surface area contributed by atoms with Gasteiger partial charge in [0.2, 0.25) is 0 Å². The highest BCUT2D eigenvalue weighted by Crippen LogP contribution is 2.19. The van der Waals surface area contributed by atoms with Gasteiger partial charge >= 0.3 is 0 Å². The van der Waals surface area contributed by atoms with E-state index in [4.69, 9.17) is 0 Å². The van der Waals surface area contributed by atoms with Crippen LogP contribution in [0.4, 0.5) is 0 Å². The van der Waals surface area contributed by atoms with Crippen molar-refractivity contribution in [3.05, 3.63) is 22.4 Å². The molecule has 0 aliphatic carbocycles. The van der Waals surface area contributed by atoms with E-state index in [1.54, 1.807) is 17.5 Å². The maximum atomic E-state index is 4.10. The molecule has 0 spiro atoms. The summed E-state index contributed by atoms with van der Waals surface area (Å²) in [6.45, 7) is 0. The van der Waals surface area contributed by atoms with Crippen LogP contribution in [0.5, 0.6) is 0 Å². The second-order valence-electron chi connectivity index (χ2n) is 1.83. The molecular weight excluding hydrogens is 212 g/mol. The molecule has 2 aromatic heterocycles. The smallest absolute Gasteiger partial charge is 0.107 e. The van der Waals surface area contributed by atoms with Crippen molar-refractivity contribution < 1.29 is 0 Å². The van der Waals surface area contributed by atoms with Gasteiger partial charge in [0.15, 0.2) is 0 Å². The number of pyridine rings is 1. The summed E-state index contributed by atoms with van der Waals surface area (Å²) in [5.74, 6) is 0. The number of fused-ring (bicyclic) bond motifs is 1. The van der Waals surface area contributed by atoms with Crippen LogP contribution in [-0.4, -0.2) is 9.97 Å². The molecule has 0 atom stereocenters. The largest absolute Gasteiger partial charge is 0.247 e. The highest BCUT2D eigenvalue weighted by Gasteiger charge is 1.95. The lowest BCUT2D eigenvalue weighted by Crippen LogP contribution is -1.72. The van der Waals surface area contributed by atoms with Crippen molar-refractivity contribution in [3.63, 3.8) is 0 Å². The van der Waals surface area contributed by atoms with Crippen molar-refractivity contribution in [2.24, 2.45) is 0 Å². The van der Waals surface area contributed by atoms with Crippen molar-refractivity contribution in [3.8, 4) is 0 Å². The summed E-state index contributed by atoms with van der Waals surface area (Å²) in [6, 6.07) is 1.97. The minimum absolute atomic E-state index is 0.865. The van der Waals surface area contributed by atoms with Crippen LogP contribution in [0.2, 0.25) is 0 Å². The standard InChI is InChI=1S/C6H3BrN2S/c7-6-1-5-4(2-8-6)9-3-10-5/h1-3H. The molecule has 0 radical (unpaired) electrons. The molecule has 0 saturated heterocycles. The summed E-state index contributed by atoms with van der Waals surface area (Å²) in [6.07, 6.45) is 1.76. The second kappa shape index (κ2) is 2.29. The number of hydrogen-bond acceptors (Lipinski definition) is 3. The highest BCUT2D eigenvalue weighted by molar-refractivity contribution is 9.10. The molecule has 0 aliphatic heterocycles. The Kier molecular flexibility index (Phi) is 1.43. The van der Waals surface area contributed by atoms with Crippen LogP contribution in [0.25, 0.3) is 10.2 Å². The van der Waals surface area contributed by atoms with Gasteiger partial charge in [0.25, 0.3) is 0 Å². The van der Waals surface area contributed by atoms with Gasteiger partial charge in [0, 0.05) is 0 Å². The third-order valence-electron chi connectivity index (χ3n) is 1.18. The van der Waals surface area contributed by atoms with Gasteiger partial charge in [0.05, 0.1) is 21.9 Å². The fraction of sp³-hybridized carbons (Fsp3) is 0. The molecule has 0 amide bonds. The van der Waals surface area contributed by atoms with E-state index in [0.717, 1.165) is 10.1 Å². The molecule has 0 N–H and O–H groups in total. The van der Waals surface area contributed by atoms with Gasteiger partial charge in [-0.15, -0.1) is 11.3 Å². The Balaban J connectivity index is 2.86. The lowest BCUT2D eigenvalue weighted by atomic mass is 10.5. The van der Waals surface area contributed by atoms with Crippen molar-refractivity contribution in [2.45, 2.75) is 0 Å². The van der Waals surface area contributed by atoms with Gasteiger partial charge in [-0.2, -0.15) is 0 Å². The van der Waals surface area contributed by atoms with E-state index < -0.39 is 0 Å². The third-order valence-corrected chi connectivity index (χ3v) is 2.41. The molecule has 0 saturated carbocycles. The Morgan fingerprint density at radius 1 is 1.40 bits per heavy atom. The number of hydrogen-bond donors (Lipinski definition) is 0. The molecule has 2 rings (SSSR count). The fourth-order valence-corrected chi connectivity index (χ4v) is 1.91. The quantitative estimate of drug-likeness (QED) is 0.631. The maximum absolute atomic E-state index is 4.10. The van der Waals surface area contributed by atoms with Crippen LogP contribution in [0, 0.1) is 0 Å². The summed E-state index contributed by atoms with van der Waals surface area (Å²) in [5, 5.41) is 0. The molecule has 10 heavy (non-hydrogen) atoms. The fourth-order valence-electron chi connectivity index (χ4n) is 0.737. The predicted molar refractivity (Wildman–Crippen MR) is 45.1 cm³/mol. The zero-order valence-electron chi connectivity index (χ0n) is 4.91. The van der Waals surface area contributed by atoms with Crippen LogP contribution >= 0.6 is 27.3 Å². The van der Waals surface area contributed by atoms with Gasteiger partial charge < -0.3 is 0 Å². The first-order chi connectivity index (χ1) is 4.86. The zero-order chi connectivity index (χ0) is 6.97. The van der Waals surface area contributed by atoms with Crippen molar-refractivity contribution in [2.75, 3.05) is 0 Å².